The highest BCUT2D eigenvalue weighted by atomic mass is 16.5. The molecule has 1 saturated heterocycles. The number of methoxy groups -OCH3 is 1. The number of ether oxygens (including phenoxy) is 1. The normalized spacial score (nSPS) is 19.8. The number of amides is 1. The van der Waals surface area contributed by atoms with E-state index in [1.807, 2.05) is 20.8 Å². The van der Waals surface area contributed by atoms with Crippen molar-refractivity contribution in [3.63, 3.8) is 0 Å². The molecule has 1 amide bonds. The van der Waals surface area contributed by atoms with Crippen molar-refractivity contribution >= 4 is 11.9 Å². The monoisotopic (exact) mass is 270 g/mol. The van der Waals surface area contributed by atoms with Crippen molar-refractivity contribution in [2.75, 3.05) is 20.2 Å². The lowest BCUT2D eigenvalue weighted by Gasteiger charge is -2.36. The zero-order valence-corrected chi connectivity index (χ0v) is 12.4. The minimum absolute atomic E-state index is 0.0133. The molecule has 0 aliphatic carbocycles. The molecule has 1 aliphatic heterocycles. The average molecular weight is 270 g/mol. The summed E-state index contributed by atoms with van der Waals surface area (Å²) in [5, 5.41) is 6.15. The maximum atomic E-state index is 12.5. The van der Waals surface area contributed by atoms with E-state index in [0.717, 1.165) is 32.4 Å². The van der Waals surface area contributed by atoms with Crippen molar-refractivity contribution in [3.05, 3.63) is 0 Å². The molecule has 0 spiro atoms. The van der Waals surface area contributed by atoms with Crippen molar-refractivity contribution < 1.29 is 14.3 Å². The lowest BCUT2D eigenvalue weighted by molar-refractivity contribution is -0.148. The SMILES string of the molecule is CCC1(C(=O)NC(C(=O)OC)C(C)C)CCNCC1. The molecule has 1 fully saturated rings. The van der Waals surface area contributed by atoms with Crippen LogP contribution >= 0.6 is 0 Å². The highest BCUT2D eigenvalue weighted by molar-refractivity contribution is 5.88. The smallest absolute Gasteiger partial charge is 0.328 e. The number of carbonyl (C=O) groups is 2. The van der Waals surface area contributed by atoms with Gasteiger partial charge in [-0.25, -0.2) is 4.79 Å². The first-order valence-electron chi connectivity index (χ1n) is 7.06. The topological polar surface area (TPSA) is 67.4 Å². The Balaban J connectivity index is 2.77. The van der Waals surface area contributed by atoms with Crippen LogP contribution in [0.5, 0.6) is 0 Å². The zero-order valence-electron chi connectivity index (χ0n) is 12.4. The van der Waals surface area contributed by atoms with Gasteiger partial charge in [-0.2, -0.15) is 0 Å². The van der Waals surface area contributed by atoms with Crippen molar-refractivity contribution in [2.45, 2.75) is 46.1 Å². The summed E-state index contributed by atoms with van der Waals surface area (Å²) < 4.78 is 4.76. The fourth-order valence-electron chi connectivity index (χ4n) is 2.57. The van der Waals surface area contributed by atoms with Gasteiger partial charge < -0.3 is 15.4 Å². The summed E-state index contributed by atoms with van der Waals surface area (Å²) in [5.41, 5.74) is -0.341. The quantitative estimate of drug-likeness (QED) is 0.734. The summed E-state index contributed by atoms with van der Waals surface area (Å²) in [7, 11) is 1.35. The average Bonchev–Trinajstić information content (AvgIpc) is 2.43. The summed E-state index contributed by atoms with van der Waals surface area (Å²) in [4.78, 5) is 24.3. The first-order chi connectivity index (χ1) is 8.96. The van der Waals surface area contributed by atoms with Gasteiger partial charge in [-0.3, -0.25) is 4.79 Å². The Kier molecular flexibility index (Phi) is 5.79. The molecular formula is C14H26N2O3. The third kappa shape index (κ3) is 3.69. The summed E-state index contributed by atoms with van der Waals surface area (Å²) >= 11 is 0. The van der Waals surface area contributed by atoms with E-state index in [9.17, 15) is 9.59 Å². The van der Waals surface area contributed by atoms with Gasteiger partial charge >= 0.3 is 5.97 Å². The van der Waals surface area contributed by atoms with E-state index in [2.05, 4.69) is 10.6 Å². The Bertz CT molecular complexity index is 323. The van der Waals surface area contributed by atoms with Gasteiger partial charge in [0.05, 0.1) is 12.5 Å². The summed E-state index contributed by atoms with van der Waals surface area (Å²) in [6.07, 6.45) is 2.44. The van der Waals surface area contributed by atoms with Crippen molar-refractivity contribution in [2.24, 2.45) is 11.3 Å². The molecule has 1 rings (SSSR count). The van der Waals surface area contributed by atoms with Crippen LogP contribution in [0.1, 0.15) is 40.0 Å². The Morgan fingerprint density at radius 1 is 1.32 bits per heavy atom. The second kappa shape index (κ2) is 6.89. The molecule has 5 heteroatoms. The Hall–Kier alpha value is -1.10. The lowest BCUT2D eigenvalue weighted by Crippen LogP contribution is -2.53. The molecule has 1 unspecified atom stereocenters. The van der Waals surface area contributed by atoms with Crippen LogP contribution < -0.4 is 10.6 Å². The van der Waals surface area contributed by atoms with E-state index < -0.39 is 6.04 Å². The van der Waals surface area contributed by atoms with Crippen LogP contribution in [0.25, 0.3) is 0 Å². The summed E-state index contributed by atoms with van der Waals surface area (Å²) in [6.45, 7) is 7.55. The molecule has 5 nitrogen and oxygen atoms in total. The largest absolute Gasteiger partial charge is 0.467 e. The molecule has 0 aromatic heterocycles. The van der Waals surface area contributed by atoms with Crippen LogP contribution in [0.15, 0.2) is 0 Å². The third-order valence-corrected chi connectivity index (χ3v) is 4.13. The summed E-state index contributed by atoms with van der Waals surface area (Å²) in [5.74, 6) is -0.365. The molecular weight excluding hydrogens is 244 g/mol. The maximum Gasteiger partial charge on any atom is 0.328 e. The third-order valence-electron chi connectivity index (χ3n) is 4.13. The van der Waals surface area contributed by atoms with Crippen LogP contribution in [0.4, 0.5) is 0 Å². The second-order valence-electron chi connectivity index (χ2n) is 5.60. The van der Waals surface area contributed by atoms with Crippen molar-refractivity contribution in [1.82, 2.24) is 10.6 Å². The molecule has 1 heterocycles. The molecule has 2 N–H and O–H groups in total. The molecule has 19 heavy (non-hydrogen) atoms. The van der Waals surface area contributed by atoms with Crippen LogP contribution in [0.3, 0.4) is 0 Å². The van der Waals surface area contributed by atoms with Gasteiger partial charge in [0.1, 0.15) is 6.04 Å². The highest BCUT2D eigenvalue weighted by Gasteiger charge is 2.40. The van der Waals surface area contributed by atoms with E-state index in [4.69, 9.17) is 4.74 Å². The molecule has 1 atom stereocenters. The molecule has 0 aromatic carbocycles. The minimum atomic E-state index is -0.559. The number of piperidine rings is 1. The predicted molar refractivity (Wildman–Crippen MR) is 73.6 cm³/mol. The first-order valence-corrected chi connectivity index (χ1v) is 7.06. The van der Waals surface area contributed by atoms with Gasteiger partial charge in [0.15, 0.2) is 0 Å². The zero-order chi connectivity index (χ0) is 14.5. The fraction of sp³-hybridized carbons (Fsp3) is 0.857. The number of carbonyl (C=O) groups excluding carboxylic acids is 2. The van der Waals surface area contributed by atoms with Gasteiger partial charge in [0, 0.05) is 0 Å². The van der Waals surface area contributed by atoms with E-state index >= 15 is 0 Å². The van der Waals surface area contributed by atoms with Gasteiger partial charge in [-0.15, -0.1) is 0 Å². The predicted octanol–water partition coefficient (Wildman–Crippen LogP) is 1.08. The Morgan fingerprint density at radius 2 is 1.89 bits per heavy atom. The van der Waals surface area contributed by atoms with Gasteiger partial charge in [0.25, 0.3) is 0 Å². The fourth-order valence-corrected chi connectivity index (χ4v) is 2.57. The van der Waals surface area contributed by atoms with Crippen LogP contribution in [-0.2, 0) is 14.3 Å². The van der Waals surface area contributed by atoms with Crippen molar-refractivity contribution in [1.29, 1.82) is 0 Å². The Morgan fingerprint density at radius 3 is 2.32 bits per heavy atom. The number of nitrogens with one attached hydrogen (secondary N) is 2. The molecule has 0 bridgehead atoms. The van der Waals surface area contributed by atoms with E-state index in [1.54, 1.807) is 0 Å². The second-order valence-corrected chi connectivity index (χ2v) is 5.60. The molecule has 110 valence electrons. The number of hydrogen-bond donors (Lipinski definition) is 2. The van der Waals surface area contributed by atoms with Gasteiger partial charge in [-0.1, -0.05) is 20.8 Å². The number of hydrogen-bond acceptors (Lipinski definition) is 4. The summed E-state index contributed by atoms with van der Waals surface area (Å²) in [6, 6.07) is -0.559. The molecule has 0 saturated carbocycles. The number of rotatable bonds is 5. The Labute approximate surface area is 115 Å². The minimum Gasteiger partial charge on any atom is -0.467 e. The molecule has 1 aliphatic rings. The molecule has 0 radical (unpaired) electrons. The van der Waals surface area contributed by atoms with E-state index in [0.29, 0.717) is 0 Å². The van der Waals surface area contributed by atoms with E-state index in [-0.39, 0.29) is 23.2 Å². The van der Waals surface area contributed by atoms with Gasteiger partial charge in [-0.05, 0) is 38.3 Å². The molecule has 0 aromatic rings. The standard InChI is InChI=1S/C14H26N2O3/c1-5-14(6-8-15-9-7-14)13(18)16-11(10(2)3)12(17)19-4/h10-11,15H,5-9H2,1-4H3,(H,16,18). The van der Waals surface area contributed by atoms with Crippen molar-refractivity contribution in [3.8, 4) is 0 Å². The van der Waals surface area contributed by atoms with E-state index in [1.165, 1.54) is 7.11 Å². The van der Waals surface area contributed by atoms with Crippen LogP contribution in [0.2, 0.25) is 0 Å². The maximum absolute atomic E-state index is 12.5. The van der Waals surface area contributed by atoms with Gasteiger partial charge in [0.2, 0.25) is 5.91 Å². The number of esters is 1. The first kappa shape index (κ1) is 16.0. The van der Waals surface area contributed by atoms with Crippen LogP contribution in [-0.4, -0.2) is 38.1 Å². The lowest BCUT2D eigenvalue weighted by atomic mass is 9.75. The highest BCUT2D eigenvalue weighted by Crippen LogP contribution is 2.33. The van der Waals surface area contributed by atoms with Crippen LogP contribution in [0, 0.1) is 11.3 Å².